The molecule has 0 aliphatic carbocycles. The Hall–Kier alpha value is 0.766. The third-order valence-electron chi connectivity index (χ3n) is 3.09. The molecule has 0 aromatic rings. The molecule has 0 spiro atoms. The molecule has 0 heterocycles. The van der Waals surface area contributed by atoms with Gasteiger partial charge < -0.3 is 13.8 Å². The fourth-order valence-electron chi connectivity index (χ4n) is 1.39. The van der Waals surface area contributed by atoms with E-state index in [1.54, 1.807) is 0 Å². The van der Waals surface area contributed by atoms with Gasteiger partial charge in [0.1, 0.15) is 0 Å². The molecule has 17 heavy (non-hydrogen) atoms. The minimum atomic E-state index is 0. The zero-order valence-corrected chi connectivity index (χ0v) is 14.3. The van der Waals surface area contributed by atoms with Gasteiger partial charge in [-0.25, -0.2) is 0 Å². The van der Waals surface area contributed by atoms with Gasteiger partial charge in [0.25, 0.3) is 0 Å². The van der Waals surface area contributed by atoms with Gasteiger partial charge >= 0.3 is 23.1 Å². The van der Waals surface area contributed by atoms with Crippen molar-refractivity contribution in [2.45, 2.75) is 79.1 Å². The van der Waals surface area contributed by atoms with Gasteiger partial charge in [0, 0.05) is 0 Å². The summed E-state index contributed by atoms with van der Waals surface area (Å²) in [4.78, 5) is 0. The predicted octanol–water partition coefficient (Wildman–Crippen LogP) is 5.69. The first-order chi connectivity index (χ1) is 7.62. The monoisotopic (exact) mass is 250 g/mol. The van der Waals surface area contributed by atoms with Crippen LogP contribution in [-0.2, 0) is 0 Å². The molecule has 0 bridgehead atoms. The van der Waals surface area contributed by atoms with E-state index >= 15 is 0 Å². The van der Waals surface area contributed by atoms with E-state index in [-0.39, 0.29) is 23.1 Å². The molecule has 0 rings (SSSR count). The summed E-state index contributed by atoms with van der Waals surface area (Å²) in [7, 11) is 0. The maximum absolute atomic E-state index is 3.84. The van der Waals surface area contributed by atoms with E-state index in [2.05, 4.69) is 41.5 Å². The van der Waals surface area contributed by atoms with Crippen LogP contribution in [0.1, 0.15) is 79.1 Å². The Balaban J connectivity index is -0.000000218. The molecule has 0 aliphatic rings. The van der Waals surface area contributed by atoms with E-state index in [9.17, 15) is 0 Å². The van der Waals surface area contributed by atoms with Gasteiger partial charge in [-0.1, -0.05) is 78.1 Å². The SMILES string of the molecule is [CH2-]CC(C)CCCC.[CH2-]CC(C)CCCC.[Mg+2]. The van der Waals surface area contributed by atoms with Crippen molar-refractivity contribution in [3.63, 3.8) is 0 Å². The second-order valence-corrected chi connectivity index (χ2v) is 5.07. The molecule has 0 aromatic heterocycles. The number of hydrogen-bond donors (Lipinski definition) is 0. The van der Waals surface area contributed by atoms with Crippen LogP contribution >= 0.6 is 0 Å². The van der Waals surface area contributed by atoms with Crippen molar-refractivity contribution in [3.05, 3.63) is 13.8 Å². The van der Waals surface area contributed by atoms with Crippen molar-refractivity contribution in [3.8, 4) is 0 Å². The summed E-state index contributed by atoms with van der Waals surface area (Å²) < 4.78 is 0. The van der Waals surface area contributed by atoms with Gasteiger partial charge in [0.2, 0.25) is 0 Å². The summed E-state index contributed by atoms with van der Waals surface area (Å²) in [5, 5.41) is 0. The minimum Gasteiger partial charge on any atom is -0.343 e. The fraction of sp³-hybridized carbons (Fsp3) is 0.875. The summed E-state index contributed by atoms with van der Waals surface area (Å²) in [6.07, 6.45) is 10.3. The van der Waals surface area contributed by atoms with Gasteiger partial charge in [-0.2, -0.15) is 12.8 Å². The second kappa shape index (κ2) is 19.1. The van der Waals surface area contributed by atoms with Gasteiger partial charge in [-0.3, -0.25) is 0 Å². The first-order valence-corrected chi connectivity index (χ1v) is 7.20. The van der Waals surface area contributed by atoms with E-state index in [4.69, 9.17) is 0 Å². The van der Waals surface area contributed by atoms with Crippen molar-refractivity contribution < 1.29 is 0 Å². The molecular formula is C16H34Mg. The van der Waals surface area contributed by atoms with E-state index in [1.165, 1.54) is 38.5 Å². The molecule has 0 nitrogen and oxygen atoms in total. The van der Waals surface area contributed by atoms with Crippen LogP contribution in [0.2, 0.25) is 0 Å². The van der Waals surface area contributed by atoms with Crippen molar-refractivity contribution in [1.29, 1.82) is 0 Å². The first-order valence-electron chi connectivity index (χ1n) is 7.20. The Morgan fingerprint density at radius 1 is 0.765 bits per heavy atom. The average molecular weight is 251 g/mol. The molecule has 0 saturated heterocycles. The molecular weight excluding hydrogens is 216 g/mol. The summed E-state index contributed by atoms with van der Waals surface area (Å²) in [6, 6.07) is 0. The summed E-state index contributed by atoms with van der Waals surface area (Å²) in [6.45, 7) is 16.7. The molecule has 0 radical (unpaired) electrons. The topological polar surface area (TPSA) is 0 Å². The molecule has 0 amide bonds. The Bertz CT molecular complexity index is 98.1. The quantitative estimate of drug-likeness (QED) is 0.383. The standard InChI is InChI=1S/2C8H17.Mg/c2*1-4-6-7-8(3)5-2;/h2*8H,2,4-7H2,1,3H3;/q2*-1;+2. The molecule has 0 fully saturated rings. The Morgan fingerprint density at radius 2 is 1.06 bits per heavy atom. The largest absolute Gasteiger partial charge is 2.00 e. The maximum atomic E-state index is 3.84. The molecule has 100 valence electrons. The Morgan fingerprint density at radius 3 is 1.24 bits per heavy atom. The number of hydrogen-bond acceptors (Lipinski definition) is 0. The predicted molar refractivity (Wildman–Crippen MR) is 83.1 cm³/mol. The van der Waals surface area contributed by atoms with Gasteiger partial charge in [0.05, 0.1) is 0 Å². The van der Waals surface area contributed by atoms with Crippen LogP contribution < -0.4 is 0 Å². The van der Waals surface area contributed by atoms with E-state index in [0.717, 1.165) is 24.7 Å². The summed E-state index contributed by atoms with van der Waals surface area (Å²) in [5.74, 6) is 1.69. The number of unbranched alkanes of at least 4 members (excludes halogenated alkanes) is 2. The van der Waals surface area contributed by atoms with Crippen LogP contribution in [0.3, 0.4) is 0 Å². The molecule has 0 aliphatic heterocycles. The van der Waals surface area contributed by atoms with Crippen LogP contribution in [0.5, 0.6) is 0 Å². The zero-order chi connectivity index (χ0) is 12.8. The normalized spacial score (nSPS) is 13.1. The zero-order valence-electron chi connectivity index (χ0n) is 12.9. The Kier molecular flexibility index (Phi) is 25.8. The summed E-state index contributed by atoms with van der Waals surface area (Å²) in [5.41, 5.74) is 0. The minimum absolute atomic E-state index is 0. The van der Waals surface area contributed by atoms with Gasteiger partial charge in [0.15, 0.2) is 0 Å². The second-order valence-electron chi connectivity index (χ2n) is 5.07. The van der Waals surface area contributed by atoms with E-state index in [1.807, 2.05) is 0 Å². The van der Waals surface area contributed by atoms with Crippen LogP contribution in [0.4, 0.5) is 0 Å². The van der Waals surface area contributed by atoms with Crippen molar-refractivity contribution >= 4 is 23.1 Å². The third-order valence-corrected chi connectivity index (χ3v) is 3.09. The summed E-state index contributed by atoms with van der Waals surface area (Å²) >= 11 is 0. The molecule has 0 N–H and O–H groups in total. The van der Waals surface area contributed by atoms with Crippen LogP contribution in [0.15, 0.2) is 0 Å². The van der Waals surface area contributed by atoms with Crippen molar-refractivity contribution in [2.75, 3.05) is 0 Å². The first kappa shape index (κ1) is 22.9. The van der Waals surface area contributed by atoms with Gasteiger partial charge in [-0.15, -0.1) is 0 Å². The maximum Gasteiger partial charge on any atom is 2.00 e. The third kappa shape index (κ3) is 22.4. The molecule has 1 heteroatoms. The number of rotatable bonds is 8. The van der Waals surface area contributed by atoms with Crippen LogP contribution in [-0.4, -0.2) is 23.1 Å². The van der Waals surface area contributed by atoms with Crippen LogP contribution in [0, 0.1) is 25.7 Å². The smallest absolute Gasteiger partial charge is 0.343 e. The van der Waals surface area contributed by atoms with E-state index < -0.39 is 0 Å². The van der Waals surface area contributed by atoms with Crippen molar-refractivity contribution in [2.24, 2.45) is 11.8 Å². The van der Waals surface area contributed by atoms with Crippen LogP contribution in [0.25, 0.3) is 0 Å². The Labute approximate surface area is 127 Å². The average Bonchev–Trinajstić information content (AvgIpc) is 2.33. The molecule has 2 unspecified atom stereocenters. The van der Waals surface area contributed by atoms with Gasteiger partial charge in [-0.05, 0) is 0 Å². The van der Waals surface area contributed by atoms with E-state index in [0.29, 0.717) is 0 Å². The van der Waals surface area contributed by atoms with Crippen molar-refractivity contribution in [1.82, 2.24) is 0 Å². The molecule has 0 aromatic carbocycles. The molecule has 2 atom stereocenters. The molecule has 0 saturated carbocycles. The fourth-order valence-corrected chi connectivity index (χ4v) is 1.39.